The molecule has 0 fully saturated rings. The second-order valence-electron chi connectivity index (χ2n) is 4.78. The van der Waals surface area contributed by atoms with Gasteiger partial charge in [-0.1, -0.05) is 19.9 Å². The molecule has 2 heterocycles. The van der Waals surface area contributed by atoms with Gasteiger partial charge >= 0.3 is 0 Å². The minimum Gasteiger partial charge on any atom is -0.310 e. The lowest BCUT2D eigenvalue weighted by Gasteiger charge is -2.17. The summed E-state index contributed by atoms with van der Waals surface area (Å²) in [4.78, 5) is 4.57. The predicted molar refractivity (Wildman–Crippen MR) is 82.7 cm³/mol. The first-order valence-electron chi connectivity index (χ1n) is 7.02. The quantitative estimate of drug-likeness (QED) is 0.826. The van der Waals surface area contributed by atoms with E-state index >= 15 is 0 Å². The Hall–Kier alpha value is -1.19. The van der Waals surface area contributed by atoms with Gasteiger partial charge in [0.2, 0.25) is 0 Å². The lowest BCUT2D eigenvalue weighted by Crippen LogP contribution is -2.24. The number of thiophene rings is 1. The SMILES string of the molecule is CCCNC(Cc1ccc(CC)cn1)c1ccsc1. The molecule has 3 heteroatoms. The van der Waals surface area contributed by atoms with Crippen LogP contribution in [0.3, 0.4) is 0 Å². The van der Waals surface area contributed by atoms with Crippen molar-refractivity contribution >= 4 is 11.3 Å². The minimum atomic E-state index is 0.381. The van der Waals surface area contributed by atoms with E-state index in [4.69, 9.17) is 0 Å². The van der Waals surface area contributed by atoms with Gasteiger partial charge in [-0.15, -0.1) is 0 Å². The second-order valence-corrected chi connectivity index (χ2v) is 5.56. The molecule has 0 saturated carbocycles. The van der Waals surface area contributed by atoms with E-state index in [1.807, 2.05) is 6.20 Å². The van der Waals surface area contributed by atoms with Crippen LogP contribution in [0.4, 0.5) is 0 Å². The predicted octanol–water partition coefficient (Wildman–Crippen LogP) is 3.99. The Kier molecular flexibility index (Phi) is 5.55. The molecular weight excluding hydrogens is 252 g/mol. The van der Waals surface area contributed by atoms with Crippen molar-refractivity contribution in [3.63, 3.8) is 0 Å². The first-order valence-corrected chi connectivity index (χ1v) is 7.97. The zero-order valence-electron chi connectivity index (χ0n) is 11.7. The van der Waals surface area contributed by atoms with E-state index in [0.717, 1.165) is 31.5 Å². The lowest BCUT2D eigenvalue weighted by atomic mass is 10.0. The highest BCUT2D eigenvalue weighted by atomic mass is 32.1. The molecule has 1 unspecified atom stereocenters. The monoisotopic (exact) mass is 274 g/mol. The van der Waals surface area contributed by atoms with Gasteiger partial charge in [0.15, 0.2) is 0 Å². The van der Waals surface area contributed by atoms with E-state index in [2.05, 4.69) is 53.1 Å². The summed E-state index contributed by atoms with van der Waals surface area (Å²) in [6, 6.07) is 6.93. The van der Waals surface area contributed by atoms with Crippen LogP contribution in [0.25, 0.3) is 0 Å². The number of nitrogens with zero attached hydrogens (tertiary/aromatic N) is 1. The Labute approximate surface area is 119 Å². The molecule has 0 aliphatic heterocycles. The summed E-state index contributed by atoms with van der Waals surface area (Å²) in [6.07, 6.45) is 5.17. The summed E-state index contributed by atoms with van der Waals surface area (Å²) in [5.41, 5.74) is 3.84. The number of hydrogen-bond acceptors (Lipinski definition) is 3. The van der Waals surface area contributed by atoms with Gasteiger partial charge < -0.3 is 5.32 Å². The van der Waals surface area contributed by atoms with Gasteiger partial charge in [-0.05, 0) is 53.4 Å². The third-order valence-electron chi connectivity index (χ3n) is 3.29. The highest BCUT2D eigenvalue weighted by Crippen LogP contribution is 2.20. The second kappa shape index (κ2) is 7.41. The molecule has 2 nitrogen and oxygen atoms in total. The molecule has 2 aromatic heterocycles. The summed E-state index contributed by atoms with van der Waals surface area (Å²) in [6.45, 7) is 5.41. The highest BCUT2D eigenvalue weighted by molar-refractivity contribution is 7.07. The maximum atomic E-state index is 4.57. The topological polar surface area (TPSA) is 24.9 Å². The molecular formula is C16H22N2S. The zero-order chi connectivity index (χ0) is 13.5. The third kappa shape index (κ3) is 4.15. The highest BCUT2D eigenvalue weighted by Gasteiger charge is 2.12. The average molecular weight is 274 g/mol. The first kappa shape index (κ1) is 14.2. The molecule has 0 aromatic carbocycles. The number of hydrogen-bond donors (Lipinski definition) is 1. The van der Waals surface area contributed by atoms with Gasteiger partial charge in [0.1, 0.15) is 0 Å². The summed E-state index contributed by atoms with van der Waals surface area (Å²) in [5.74, 6) is 0. The van der Waals surface area contributed by atoms with E-state index in [-0.39, 0.29) is 0 Å². The summed E-state index contributed by atoms with van der Waals surface area (Å²) in [5, 5.41) is 7.99. The van der Waals surface area contributed by atoms with Crippen LogP contribution in [0.2, 0.25) is 0 Å². The molecule has 2 aromatic rings. The lowest BCUT2D eigenvalue weighted by molar-refractivity contribution is 0.525. The molecule has 1 N–H and O–H groups in total. The van der Waals surface area contributed by atoms with Crippen molar-refractivity contribution in [2.75, 3.05) is 6.54 Å². The van der Waals surface area contributed by atoms with Gasteiger partial charge in [0.25, 0.3) is 0 Å². The van der Waals surface area contributed by atoms with Crippen LogP contribution in [0.15, 0.2) is 35.2 Å². The number of aryl methyl sites for hydroxylation is 1. The van der Waals surface area contributed by atoms with Crippen LogP contribution in [-0.4, -0.2) is 11.5 Å². The van der Waals surface area contributed by atoms with Crippen molar-refractivity contribution < 1.29 is 0 Å². The molecule has 0 saturated heterocycles. The smallest absolute Gasteiger partial charge is 0.0422 e. The molecule has 0 aliphatic carbocycles. The summed E-state index contributed by atoms with van der Waals surface area (Å²) < 4.78 is 0. The van der Waals surface area contributed by atoms with Gasteiger partial charge in [0, 0.05) is 24.4 Å². The molecule has 0 amide bonds. The molecule has 0 bridgehead atoms. The van der Waals surface area contributed by atoms with Crippen molar-refractivity contribution in [1.29, 1.82) is 0 Å². The van der Waals surface area contributed by atoms with Crippen LogP contribution in [-0.2, 0) is 12.8 Å². The van der Waals surface area contributed by atoms with E-state index in [1.54, 1.807) is 11.3 Å². The Bertz CT molecular complexity index is 462. The van der Waals surface area contributed by atoms with Crippen molar-refractivity contribution in [1.82, 2.24) is 10.3 Å². The normalized spacial score (nSPS) is 12.5. The average Bonchev–Trinajstić information content (AvgIpc) is 2.98. The van der Waals surface area contributed by atoms with Crippen LogP contribution in [0.5, 0.6) is 0 Å². The first-order chi connectivity index (χ1) is 9.33. The van der Waals surface area contributed by atoms with E-state index in [1.165, 1.54) is 11.1 Å². The number of rotatable bonds is 7. The van der Waals surface area contributed by atoms with Crippen LogP contribution in [0, 0.1) is 0 Å². The molecule has 0 spiro atoms. The number of nitrogens with one attached hydrogen (secondary N) is 1. The fourth-order valence-electron chi connectivity index (χ4n) is 2.09. The third-order valence-corrected chi connectivity index (χ3v) is 4.00. The van der Waals surface area contributed by atoms with Crippen molar-refractivity contribution in [3.8, 4) is 0 Å². The maximum Gasteiger partial charge on any atom is 0.0422 e. The van der Waals surface area contributed by atoms with E-state index in [9.17, 15) is 0 Å². The largest absolute Gasteiger partial charge is 0.310 e. The van der Waals surface area contributed by atoms with Crippen LogP contribution < -0.4 is 5.32 Å². The molecule has 0 radical (unpaired) electrons. The molecule has 0 aliphatic rings. The Morgan fingerprint density at radius 2 is 2.16 bits per heavy atom. The minimum absolute atomic E-state index is 0.381. The maximum absolute atomic E-state index is 4.57. The van der Waals surface area contributed by atoms with Crippen LogP contribution in [0.1, 0.15) is 43.1 Å². The Morgan fingerprint density at radius 3 is 2.74 bits per heavy atom. The standard InChI is InChI=1S/C16H22N2S/c1-3-8-17-16(14-7-9-19-12-14)10-15-6-5-13(4-2)11-18-15/h5-7,9,11-12,16-17H,3-4,8,10H2,1-2H3. The fraction of sp³-hybridized carbons (Fsp3) is 0.438. The zero-order valence-corrected chi connectivity index (χ0v) is 12.5. The Balaban J connectivity index is 2.06. The van der Waals surface area contributed by atoms with Crippen molar-refractivity contribution in [2.45, 2.75) is 39.2 Å². The van der Waals surface area contributed by atoms with Gasteiger partial charge in [-0.25, -0.2) is 0 Å². The molecule has 102 valence electrons. The summed E-state index contributed by atoms with van der Waals surface area (Å²) >= 11 is 1.76. The number of aromatic nitrogens is 1. The van der Waals surface area contributed by atoms with Gasteiger partial charge in [-0.2, -0.15) is 11.3 Å². The fourth-order valence-corrected chi connectivity index (χ4v) is 2.81. The van der Waals surface area contributed by atoms with Crippen molar-refractivity contribution in [3.05, 3.63) is 52.0 Å². The van der Waals surface area contributed by atoms with Gasteiger partial charge in [0.05, 0.1) is 0 Å². The van der Waals surface area contributed by atoms with Gasteiger partial charge in [-0.3, -0.25) is 4.98 Å². The molecule has 1 atom stereocenters. The van der Waals surface area contributed by atoms with Crippen molar-refractivity contribution in [2.24, 2.45) is 0 Å². The van der Waals surface area contributed by atoms with E-state index < -0.39 is 0 Å². The number of pyridine rings is 1. The summed E-state index contributed by atoms with van der Waals surface area (Å²) in [7, 11) is 0. The molecule has 2 rings (SSSR count). The Morgan fingerprint density at radius 1 is 1.26 bits per heavy atom. The van der Waals surface area contributed by atoms with Crippen LogP contribution >= 0.6 is 11.3 Å². The molecule has 19 heavy (non-hydrogen) atoms. The van der Waals surface area contributed by atoms with E-state index in [0.29, 0.717) is 6.04 Å².